The van der Waals surface area contributed by atoms with E-state index in [0.717, 1.165) is 0 Å². The minimum atomic E-state index is 0.591. The Bertz CT molecular complexity index is 745. The molecule has 0 aliphatic carbocycles. The molecule has 0 N–H and O–H groups in total. The average Bonchev–Trinajstić information content (AvgIpc) is 2.64. The third-order valence-electron chi connectivity index (χ3n) is 3.43. The highest BCUT2D eigenvalue weighted by Gasteiger charge is 2.12. The first-order valence-electron chi connectivity index (χ1n) is 7.52. The van der Waals surface area contributed by atoms with Gasteiger partial charge in [-0.1, -0.05) is 36.4 Å². The lowest BCUT2D eigenvalue weighted by molar-refractivity contribution is 0.357. The van der Waals surface area contributed by atoms with E-state index in [0.29, 0.717) is 34.5 Å². The van der Waals surface area contributed by atoms with Crippen LogP contribution >= 0.6 is 0 Å². The van der Waals surface area contributed by atoms with Gasteiger partial charge in [0.05, 0.1) is 14.2 Å². The lowest BCUT2D eigenvalue weighted by atomic mass is 10.3. The van der Waals surface area contributed by atoms with E-state index in [4.69, 9.17) is 18.9 Å². The van der Waals surface area contributed by atoms with Crippen LogP contribution in [0.25, 0.3) is 0 Å². The summed E-state index contributed by atoms with van der Waals surface area (Å²) < 4.78 is 22.6. The van der Waals surface area contributed by atoms with E-state index in [1.165, 1.54) is 0 Å². The van der Waals surface area contributed by atoms with Gasteiger partial charge < -0.3 is 18.9 Å². The Morgan fingerprint density at radius 1 is 0.417 bits per heavy atom. The summed E-state index contributed by atoms with van der Waals surface area (Å²) in [4.78, 5) is 0. The van der Waals surface area contributed by atoms with Crippen molar-refractivity contribution >= 4 is 0 Å². The Hall–Kier alpha value is -3.14. The van der Waals surface area contributed by atoms with Crippen LogP contribution in [0, 0.1) is 0 Å². The molecule has 0 heterocycles. The maximum absolute atomic E-state index is 5.99. The molecule has 4 heteroatoms. The van der Waals surface area contributed by atoms with Gasteiger partial charge in [0.1, 0.15) is 0 Å². The molecule has 0 atom stereocenters. The van der Waals surface area contributed by atoms with Gasteiger partial charge in [-0.15, -0.1) is 0 Å². The Kier molecular flexibility index (Phi) is 4.87. The van der Waals surface area contributed by atoms with Crippen molar-refractivity contribution in [2.24, 2.45) is 0 Å². The van der Waals surface area contributed by atoms with Crippen molar-refractivity contribution in [3.63, 3.8) is 0 Å². The molecule has 0 fully saturated rings. The molecule has 0 spiro atoms. The fraction of sp³-hybridized carbons (Fsp3) is 0.100. The molecular weight excluding hydrogens is 304 g/mol. The van der Waals surface area contributed by atoms with Crippen LogP contribution < -0.4 is 18.9 Å². The fourth-order valence-corrected chi connectivity index (χ4v) is 2.26. The smallest absolute Gasteiger partial charge is 0.170 e. The van der Waals surface area contributed by atoms with Crippen LogP contribution in [0.5, 0.6) is 34.5 Å². The number of benzene rings is 3. The second kappa shape index (κ2) is 7.42. The molecule has 0 unspecified atom stereocenters. The van der Waals surface area contributed by atoms with Crippen molar-refractivity contribution in [2.75, 3.05) is 14.2 Å². The largest absolute Gasteiger partial charge is 0.493 e. The van der Waals surface area contributed by atoms with Gasteiger partial charge in [0.2, 0.25) is 0 Å². The third kappa shape index (κ3) is 3.43. The summed E-state index contributed by atoms with van der Waals surface area (Å²) in [7, 11) is 3.22. The summed E-state index contributed by atoms with van der Waals surface area (Å²) >= 11 is 0. The summed E-state index contributed by atoms with van der Waals surface area (Å²) in [5.74, 6) is 3.74. The highest BCUT2D eigenvalue weighted by molar-refractivity contribution is 5.50. The minimum Gasteiger partial charge on any atom is -0.493 e. The standard InChI is InChI=1S/C20H18O4/c1-21-15-9-3-5-11-17(15)23-19-13-7-8-14-20(19)24-18-12-6-4-10-16(18)22-2/h3-14H,1-2H3. The monoisotopic (exact) mass is 322 g/mol. The number of ether oxygens (including phenoxy) is 4. The molecule has 0 bridgehead atoms. The molecule has 0 saturated carbocycles. The van der Waals surface area contributed by atoms with Crippen LogP contribution in [0.4, 0.5) is 0 Å². The second-order valence-corrected chi connectivity index (χ2v) is 4.95. The van der Waals surface area contributed by atoms with E-state index in [2.05, 4.69) is 0 Å². The van der Waals surface area contributed by atoms with Crippen LogP contribution in [-0.4, -0.2) is 14.2 Å². The van der Waals surface area contributed by atoms with Gasteiger partial charge in [0, 0.05) is 0 Å². The van der Waals surface area contributed by atoms with Gasteiger partial charge >= 0.3 is 0 Å². The quantitative estimate of drug-likeness (QED) is 0.618. The first-order valence-corrected chi connectivity index (χ1v) is 7.52. The summed E-state index contributed by atoms with van der Waals surface area (Å²) in [6.07, 6.45) is 0. The number of para-hydroxylation sites is 6. The molecule has 0 aliphatic heterocycles. The van der Waals surface area contributed by atoms with Gasteiger partial charge in [-0.05, 0) is 36.4 Å². The fourth-order valence-electron chi connectivity index (χ4n) is 2.26. The van der Waals surface area contributed by atoms with Gasteiger partial charge in [0.25, 0.3) is 0 Å². The molecule has 0 radical (unpaired) electrons. The Morgan fingerprint density at radius 2 is 0.667 bits per heavy atom. The molecule has 0 saturated heterocycles. The van der Waals surface area contributed by atoms with Crippen molar-refractivity contribution in [1.82, 2.24) is 0 Å². The van der Waals surface area contributed by atoms with E-state index in [-0.39, 0.29) is 0 Å². The molecule has 3 aromatic carbocycles. The van der Waals surface area contributed by atoms with Crippen LogP contribution in [0.15, 0.2) is 72.8 Å². The van der Waals surface area contributed by atoms with E-state index in [1.54, 1.807) is 14.2 Å². The van der Waals surface area contributed by atoms with Crippen molar-refractivity contribution in [2.45, 2.75) is 0 Å². The Morgan fingerprint density at radius 3 is 0.958 bits per heavy atom. The molecule has 4 nitrogen and oxygen atoms in total. The molecule has 24 heavy (non-hydrogen) atoms. The first-order chi connectivity index (χ1) is 11.8. The van der Waals surface area contributed by atoms with Crippen molar-refractivity contribution in [3.8, 4) is 34.5 Å². The maximum atomic E-state index is 5.99. The van der Waals surface area contributed by atoms with E-state index in [9.17, 15) is 0 Å². The second-order valence-electron chi connectivity index (χ2n) is 4.95. The molecule has 0 aliphatic rings. The SMILES string of the molecule is COc1ccccc1Oc1ccccc1Oc1ccccc1OC. The van der Waals surface area contributed by atoms with E-state index < -0.39 is 0 Å². The topological polar surface area (TPSA) is 36.9 Å². The Labute approximate surface area is 141 Å². The molecule has 3 aromatic rings. The van der Waals surface area contributed by atoms with Crippen molar-refractivity contribution < 1.29 is 18.9 Å². The summed E-state index contributed by atoms with van der Waals surface area (Å²) in [6, 6.07) is 22.4. The van der Waals surface area contributed by atoms with Crippen LogP contribution in [0.2, 0.25) is 0 Å². The maximum Gasteiger partial charge on any atom is 0.170 e. The summed E-state index contributed by atoms with van der Waals surface area (Å²) in [6.45, 7) is 0. The minimum absolute atomic E-state index is 0.591. The van der Waals surface area contributed by atoms with Gasteiger partial charge in [-0.2, -0.15) is 0 Å². The van der Waals surface area contributed by atoms with Gasteiger partial charge in [-0.25, -0.2) is 0 Å². The predicted octanol–water partition coefficient (Wildman–Crippen LogP) is 5.29. The molecule has 3 rings (SSSR count). The molecule has 0 amide bonds. The molecule has 122 valence electrons. The molecule has 0 aromatic heterocycles. The van der Waals surface area contributed by atoms with E-state index >= 15 is 0 Å². The van der Waals surface area contributed by atoms with Gasteiger partial charge in [-0.3, -0.25) is 0 Å². The highest BCUT2D eigenvalue weighted by Crippen LogP contribution is 2.39. The first kappa shape index (κ1) is 15.7. The average molecular weight is 322 g/mol. The zero-order valence-electron chi connectivity index (χ0n) is 13.6. The van der Waals surface area contributed by atoms with Crippen LogP contribution in [0.3, 0.4) is 0 Å². The molecular formula is C20H18O4. The number of hydrogen-bond donors (Lipinski definition) is 0. The highest BCUT2D eigenvalue weighted by atomic mass is 16.5. The normalized spacial score (nSPS) is 10.1. The third-order valence-corrected chi connectivity index (χ3v) is 3.43. The zero-order valence-corrected chi connectivity index (χ0v) is 13.6. The van der Waals surface area contributed by atoms with Crippen molar-refractivity contribution in [1.29, 1.82) is 0 Å². The predicted molar refractivity (Wildman–Crippen MR) is 92.6 cm³/mol. The summed E-state index contributed by atoms with van der Waals surface area (Å²) in [5.41, 5.74) is 0. The number of hydrogen-bond acceptors (Lipinski definition) is 4. The number of methoxy groups -OCH3 is 2. The lowest BCUT2D eigenvalue weighted by Gasteiger charge is -2.15. The summed E-state index contributed by atoms with van der Waals surface area (Å²) in [5, 5.41) is 0. The zero-order chi connectivity index (χ0) is 16.8. The van der Waals surface area contributed by atoms with Crippen LogP contribution in [-0.2, 0) is 0 Å². The van der Waals surface area contributed by atoms with Crippen LogP contribution in [0.1, 0.15) is 0 Å². The van der Waals surface area contributed by atoms with Crippen molar-refractivity contribution in [3.05, 3.63) is 72.8 Å². The Balaban J connectivity index is 1.91. The number of rotatable bonds is 6. The van der Waals surface area contributed by atoms with Gasteiger partial charge in [0.15, 0.2) is 34.5 Å². The van der Waals surface area contributed by atoms with E-state index in [1.807, 2.05) is 72.8 Å². The lowest BCUT2D eigenvalue weighted by Crippen LogP contribution is -1.94.